The highest BCUT2D eigenvalue weighted by atomic mass is 16.5. The molecule has 2 rings (SSSR count). The second-order valence-corrected chi connectivity index (χ2v) is 6.86. The van der Waals surface area contributed by atoms with Gasteiger partial charge in [-0.15, -0.1) is 0 Å². The van der Waals surface area contributed by atoms with Gasteiger partial charge >= 0.3 is 5.97 Å². The molecule has 0 atom stereocenters. The van der Waals surface area contributed by atoms with E-state index in [4.69, 9.17) is 9.47 Å². The van der Waals surface area contributed by atoms with Crippen LogP contribution in [0, 0.1) is 13.8 Å². The van der Waals surface area contributed by atoms with E-state index in [9.17, 15) is 4.79 Å². The fourth-order valence-corrected chi connectivity index (χ4v) is 2.46. The van der Waals surface area contributed by atoms with Crippen LogP contribution in [0.5, 0.6) is 5.75 Å². The van der Waals surface area contributed by atoms with Crippen molar-refractivity contribution in [1.29, 1.82) is 0 Å². The molecule has 5 nitrogen and oxygen atoms in total. The van der Waals surface area contributed by atoms with E-state index < -0.39 is 5.97 Å². The minimum absolute atomic E-state index is 0.229. The Morgan fingerprint density at radius 1 is 1.14 bits per heavy atom. The average molecular weight is 383 g/mol. The second-order valence-electron chi connectivity index (χ2n) is 6.86. The van der Waals surface area contributed by atoms with Gasteiger partial charge in [0.1, 0.15) is 17.9 Å². The van der Waals surface area contributed by atoms with Gasteiger partial charge in [-0.2, -0.15) is 0 Å². The number of ether oxygens (including phenoxy) is 2. The number of aliphatic imine (C=N–C) groups is 1. The number of rotatable bonds is 9. The lowest BCUT2D eigenvalue weighted by atomic mass is 10.1. The second kappa shape index (κ2) is 10.5. The van der Waals surface area contributed by atoms with Crippen LogP contribution in [0.15, 0.2) is 41.4 Å². The zero-order valence-electron chi connectivity index (χ0n) is 17.5. The number of benzene rings is 2. The Labute approximate surface area is 168 Å². The van der Waals surface area contributed by atoms with Gasteiger partial charge in [-0.1, -0.05) is 36.8 Å². The highest BCUT2D eigenvalue weighted by molar-refractivity contribution is 5.93. The number of nitrogens with zero attached hydrogens (tertiary/aromatic N) is 2. The summed E-state index contributed by atoms with van der Waals surface area (Å²) in [5.41, 5.74) is 4.23. The number of hydrogen-bond acceptors (Lipinski definition) is 4. The summed E-state index contributed by atoms with van der Waals surface area (Å²) < 4.78 is 11.3. The molecule has 2 aromatic rings. The van der Waals surface area contributed by atoms with Gasteiger partial charge in [-0.05, 0) is 44.4 Å². The zero-order chi connectivity index (χ0) is 20.5. The van der Waals surface area contributed by atoms with E-state index in [2.05, 4.69) is 11.9 Å². The van der Waals surface area contributed by atoms with Crippen molar-refractivity contribution >= 4 is 18.0 Å². The molecule has 28 heavy (non-hydrogen) atoms. The quantitative estimate of drug-likeness (QED) is 0.345. The topological polar surface area (TPSA) is 51.1 Å². The van der Waals surface area contributed by atoms with Crippen LogP contribution in [0.4, 0.5) is 5.69 Å². The van der Waals surface area contributed by atoms with E-state index >= 15 is 0 Å². The molecule has 0 aliphatic heterocycles. The Bertz CT molecular complexity index is 813. The van der Waals surface area contributed by atoms with Gasteiger partial charge in [0.25, 0.3) is 0 Å². The van der Waals surface area contributed by atoms with Crippen LogP contribution in [0.3, 0.4) is 0 Å². The molecular weight excluding hydrogens is 352 g/mol. The Morgan fingerprint density at radius 3 is 2.50 bits per heavy atom. The zero-order valence-corrected chi connectivity index (χ0v) is 17.5. The van der Waals surface area contributed by atoms with Crippen LogP contribution in [-0.4, -0.2) is 37.4 Å². The summed E-state index contributed by atoms with van der Waals surface area (Å²) in [6, 6.07) is 11.5. The van der Waals surface area contributed by atoms with Crippen LogP contribution in [0.25, 0.3) is 0 Å². The fourth-order valence-electron chi connectivity index (χ4n) is 2.46. The van der Waals surface area contributed by atoms with Gasteiger partial charge in [0.15, 0.2) is 0 Å². The molecule has 0 heterocycles. The Morgan fingerprint density at radius 2 is 1.86 bits per heavy atom. The minimum Gasteiger partial charge on any atom is -0.493 e. The monoisotopic (exact) mass is 382 g/mol. The molecule has 0 N–H and O–H groups in total. The first-order chi connectivity index (χ1) is 13.4. The standard InChI is InChI=1S/C23H30N2O3/c1-6-12-27-22-14-21(24-16-25(5)7-2)18(4)13-20(22)23(26)28-15-19-10-8-17(3)9-11-19/h8-11,13-14,16H,6-7,12,15H2,1-5H3. The molecule has 0 saturated carbocycles. The van der Waals surface area contributed by atoms with Gasteiger partial charge in [0.05, 0.1) is 18.6 Å². The molecule has 0 spiro atoms. The molecule has 0 aliphatic rings. The van der Waals surface area contributed by atoms with Crippen molar-refractivity contribution < 1.29 is 14.3 Å². The fraction of sp³-hybridized carbons (Fsp3) is 0.391. The largest absolute Gasteiger partial charge is 0.493 e. The predicted octanol–water partition coefficient (Wildman–Crippen LogP) is 5.06. The molecular formula is C23H30N2O3. The molecule has 5 heteroatoms. The van der Waals surface area contributed by atoms with Crippen molar-refractivity contribution in [2.45, 2.75) is 40.7 Å². The van der Waals surface area contributed by atoms with E-state index in [0.29, 0.717) is 17.9 Å². The maximum absolute atomic E-state index is 12.7. The van der Waals surface area contributed by atoms with Crippen LogP contribution < -0.4 is 4.74 Å². The lowest BCUT2D eigenvalue weighted by Crippen LogP contribution is -2.14. The van der Waals surface area contributed by atoms with Crippen molar-refractivity contribution in [3.05, 3.63) is 58.7 Å². The first-order valence-electron chi connectivity index (χ1n) is 9.69. The molecule has 0 radical (unpaired) electrons. The molecule has 0 fully saturated rings. The molecule has 0 saturated heterocycles. The third-order valence-electron chi connectivity index (χ3n) is 4.36. The third-order valence-corrected chi connectivity index (χ3v) is 4.36. The molecule has 0 aromatic heterocycles. The van der Waals surface area contributed by atoms with Crippen molar-refractivity contribution in [2.24, 2.45) is 4.99 Å². The highest BCUT2D eigenvalue weighted by Gasteiger charge is 2.17. The van der Waals surface area contributed by atoms with Gasteiger partial charge < -0.3 is 14.4 Å². The molecule has 0 bridgehead atoms. The summed E-state index contributed by atoms with van der Waals surface area (Å²) in [5, 5.41) is 0. The van der Waals surface area contributed by atoms with Gasteiger partial charge in [0, 0.05) is 19.7 Å². The Balaban J connectivity index is 2.22. The van der Waals surface area contributed by atoms with E-state index in [1.165, 1.54) is 5.56 Å². The van der Waals surface area contributed by atoms with Crippen molar-refractivity contribution in [2.75, 3.05) is 20.2 Å². The van der Waals surface area contributed by atoms with E-state index in [-0.39, 0.29) is 6.61 Å². The van der Waals surface area contributed by atoms with E-state index in [1.54, 1.807) is 12.4 Å². The average Bonchev–Trinajstić information content (AvgIpc) is 2.70. The Kier molecular flexibility index (Phi) is 8.05. The van der Waals surface area contributed by atoms with Crippen molar-refractivity contribution in [1.82, 2.24) is 4.90 Å². The van der Waals surface area contributed by atoms with Crippen LogP contribution in [-0.2, 0) is 11.3 Å². The summed E-state index contributed by atoms with van der Waals surface area (Å²) in [7, 11) is 1.96. The first-order valence-corrected chi connectivity index (χ1v) is 9.69. The smallest absolute Gasteiger partial charge is 0.342 e. The van der Waals surface area contributed by atoms with Crippen LogP contribution >= 0.6 is 0 Å². The van der Waals surface area contributed by atoms with E-state index in [0.717, 1.165) is 29.8 Å². The molecule has 0 amide bonds. The van der Waals surface area contributed by atoms with Gasteiger partial charge in [0.2, 0.25) is 0 Å². The maximum Gasteiger partial charge on any atom is 0.342 e. The van der Waals surface area contributed by atoms with Gasteiger partial charge in [-0.3, -0.25) is 0 Å². The number of aryl methyl sites for hydroxylation is 2. The summed E-state index contributed by atoms with van der Waals surface area (Å²) in [6.07, 6.45) is 2.63. The van der Waals surface area contributed by atoms with Crippen molar-refractivity contribution in [3.63, 3.8) is 0 Å². The van der Waals surface area contributed by atoms with Crippen LogP contribution in [0.1, 0.15) is 47.3 Å². The normalized spacial score (nSPS) is 10.9. The lowest BCUT2D eigenvalue weighted by Gasteiger charge is -2.14. The van der Waals surface area contributed by atoms with Crippen LogP contribution in [0.2, 0.25) is 0 Å². The number of hydrogen-bond donors (Lipinski definition) is 0. The third kappa shape index (κ3) is 6.12. The summed E-state index contributed by atoms with van der Waals surface area (Å²) in [5.74, 6) is 0.114. The number of carbonyl (C=O) groups is 1. The maximum atomic E-state index is 12.7. The number of esters is 1. The molecule has 2 aromatic carbocycles. The molecule has 0 aliphatic carbocycles. The minimum atomic E-state index is -0.393. The lowest BCUT2D eigenvalue weighted by molar-refractivity contribution is 0.0468. The summed E-state index contributed by atoms with van der Waals surface area (Å²) >= 11 is 0. The molecule has 150 valence electrons. The summed E-state index contributed by atoms with van der Waals surface area (Å²) in [6.45, 7) is 9.66. The SMILES string of the molecule is CCCOc1cc(N=CN(C)CC)c(C)cc1C(=O)OCc1ccc(C)cc1. The van der Waals surface area contributed by atoms with Crippen molar-refractivity contribution in [3.8, 4) is 5.75 Å². The van der Waals surface area contributed by atoms with E-state index in [1.807, 2.05) is 63.1 Å². The first kappa shape index (κ1) is 21.5. The molecule has 0 unspecified atom stereocenters. The number of carbonyl (C=O) groups excluding carboxylic acids is 1. The Hall–Kier alpha value is -2.82. The van der Waals surface area contributed by atoms with Gasteiger partial charge in [-0.25, -0.2) is 9.79 Å². The predicted molar refractivity (Wildman–Crippen MR) is 114 cm³/mol. The highest BCUT2D eigenvalue weighted by Crippen LogP contribution is 2.30. The summed E-state index contributed by atoms with van der Waals surface area (Å²) in [4.78, 5) is 19.2.